The normalized spacial score (nSPS) is 11.7. The highest BCUT2D eigenvalue weighted by atomic mass is 16.5. The number of allylic oxidation sites excluding steroid dienone is 2. The van der Waals surface area contributed by atoms with Gasteiger partial charge in [0.15, 0.2) is 0 Å². The van der Waals surface area contributed by atoms with E-state index in [1.165, 1.54) is 62.5 Å². The Morgan fingerprint density at radius 3 is 2.45 bits per heavy atom. The first kappa shape index (κ1) is 16.8. The van der Waals surface area contributed by atoms with Crippen molar-refractivity contribution >= 4 is 5.57 Å². The quantitative estimate of drug-likeness (QED) is 0.459. The van der Waals surface area contributed by atoms with E-state index in [0.717, 1.165) is 5.75 Å². The first-order valence-corrected chi connectivity index (χ1v) is 8.15. The molecule has 1 nitrogen and oxygen atoms in total. The van der Waals surface area contributed by atoms with Crippen LogP contribution in [-0.2, 0) is 0 Å². The van der Waals surface area contributed by atoms with Gasteiger partial charge in [-0.05, 0) is 30.9 Å². The van der Waals surface area contributed by atoms with Crippen molar-refractivity contribution in [2.75, 3.05) is 7.11 Å². The molecule has 0 aliphatic heterocycles. The molecule has 0 bridgehead atoms. The molecule has 0 aliphatic rings. The molecule has 20 heavy (non-hydrogen) atoms. The van der Waals surface area contributed by atoms with Gasteiger partial charge < -0.3 is 4.74 Å². The fourth-order valence-electron chi connectivity index (χ4n) is 2.48. The first-order valence-electron chi connectivity index (χ1n) is 8.15. The Kier molecular flexibility index (Phi) is 8.86. The zero-order valence-corrected chi connectivity index (χ0v) is 13.5. The summed E-state index contributed by atoms with van der Waals surface area (Å²) in [6.45, 7) is 4.51. The van der Waals surface area contributed by atoms with Gasteiger partial charge >= 0.3 is 0 Å². The Morgan fingerprint density at radius 2 is 1.75 bits per heavy atom. The molecule has 0 atom stereocenters. The van der Waals surface area contributed by atoms with Crippen LogP contribution in [0.4, 0.5) is 0 Å². The van der Waals surface area contributed by atoms with Crippen LogP contribution in [0.25, 0.3) is 5.57 Å². The van der Waals surface area contributed by atoms with Crippen LogP contribution in [-0.4, -0.2) is 7.11 Å². The molecule has 0 unspecified atom stereocenters. The third-order valence-electron chi connectivity index (χ3n) is 3.70. The van der Waals surface area contributed by atoms with E-state index in [2.05, 4.69) is 38.1 Å². The molecule has 0 N–H and O–H groups in total. The van der Waals surface area contributed by atoms with Crippen LogP contribution in [0.1, 0.15) is 70.8 Å². The second-order valence-corrected chi connectivity index (χ2v) is 5.38. The molecule has 0 saturated carbocycles. The van der Waals surface area contributed by atoms with Crippen molar-refractivity contribution in [2.24, 2.45) is 0 Å². The molecule has 0 saturated heterocycles. The Labute approximate surface area is 125 Å². The molecular formula is C19H30O. The minimum atomic E-state index is 1.01. The molecule has 0 aliphatic carbocycles. The van der Waals surface area contributed by atoms with Crippen molar-refractivity contribution in [3.05, 3.63) is 35.9 Å². The summed E-state index contributed by atoms with van der Waals surface area (Å²) in [5.74, 6) is 1.01. The van der Waals surface area contributed by atoms with Crippen LogP contribution in [0.3, 0.4) is 0 Å². The maximum Gasteiger partial charge on any atom is 0.126 e. The van der Waals surface area contributed by atoms with Crippen molar-refractivity contribution in [1.29, 1.82) is 0 Å². The molecule has 0 amide bonds. The Morgan fingerprint density at radius 1 is 1.00 bits per heavy atom. The van der Waals surface area contributed by atoms with Crippen LogP contribution in [0, 0.1) is 0 Å². The molecule has 1 rings (SSSR count). The SMILES string of the molecule is CCCC/C=C(\CCCCCC)c1ccccc1OC. The number of para-hydroxylation sites is 1. The van der Waals surface area contributed by atoms with Crippen molar-refractivity contribution in [3.8, 4) is 5.75 Å². The van der Waals surface area contributed by atoms with Gasteiger partial charge in [-0.3, -0.25) is 0 Å². The summed E-state index contributed by atoms with van der Waals surface area (Å²) in [7, 11) is 1.76. The summed E-state index contributed by atoms with van der Waals surface area (Å²) in [5, 5.41) is 0. The van der Waals surface area contributed by atoms with E-state index in [9.17, 15) is 0 Å². The highest BCUT2D eigenvalue weighted by molar-refractivity contribution is 5.70. The molecule has 0 heterocycles. The lowest BCUT2D eigenvalue weighted by Crippen LogP contribution is -1.92. The number of benzene rings is 1. The predicted molar refractivity (Wildman–Crippen MR) is 89.3 cm³/mol. The topological polar surface area (TPSA) is 9.23 Å². The van der Waals surface area contributed by atoms with Crippen LogP contribution in [0.2, 0.25) is 0 Å². The summed E-state index contributed by atoms with van der Waals surface area (Å²) >= 11 is 0. The Balaban J connectivity index is 2.77. The minimum Gasteiger partial charge on any atom is -0.496 e. The third-order valence-corrected chi connectivity index (χ3v) is 3.70. The van der Waals surface area contributed by atoms with Crippen molar-refractivity contribution < 1.29 is 4.74 Å². The molecule has 0 spiro atoms. The second-order valence-electron chi connectivity index (χ2n) is 5.38. The summed E-state index contributed by atoms with van der Waals surface area (Å²) in [4.78, 5) is 0. The molecule has 1 heteroatoms. The van der Waals surface area contributed by atoms with Gasteiger partial charge in [-0.2, -0.15) is 0 Å². The van der Waals surface area contributed by atoms with Crippen LogP contribution < -0.4 is 4.74 Å². The largest absolute Gasteiger partial charge is 0.496 e. The zero-order chi connectivity index (χ0) is 14.6. The lowest BCUT2D eigenvalue weighted by atomic mass is 9.97. The average molecular weight is 274 g/mol. The lowest BCUT2D eigenvalue weighted by Gasteiger charge is -2.12. The van der Waals surface area contributed by atoms with E-state index in [4.69, 9.17) is 4.74 Å². The average Bonchev–Trinajstić information content (AvgIpc) is 2.50. The van der Waals surface area contributed by atoms with E-state index in [1.54, 1.807) is 7.11 Å². The lowest BCUT2D eigenvalue weighted by molar-refractivity contribution is 0.413. The Bertz CT molecular complexity index is 393. The van der Waals surface area contributed by atoms with E-state index < -0.39 is 0 Å². The second kappa shape index (κ2) is 10.5. The highest BCUT2D eigenvalue weighted by Gasteiger charge is 2.07. The smallest absolute Gasteiger partial charge is 0.126 e. The Hall–Kier alpha value is -1.24. The molecule has 0 aromatic heterocycles. The van der Waals surface area contributed by atoms with Gasteiger partial charge in [0.1, 0.15) is 5.75 Å². The number of methoxy groups -OCH3 is 1. The highest BCUT2D eigenvalue weighted by Crippen LogP contribution is 2.30. The van der Waals surface area contributed by atoms with E-state index >= 15 is 0 Å². The molecule has 0 fully saturated rings. The zero-order valence-electron chi connectivity index (χ0n) is 13.5. The van der Waals surface area contributed by atoms with Gasteiger partial charge in [-0.15, -0.1) is 0 Å². The monoisotopic (exact) mass is 274 g/mol. The van der Waals surface area contributed by atoms with Gasteiger partial charge in [0, 0.05) is 5.56 Å². The standard InChI is InChI=1S/C19H30O/c1-4-6-8-10-14-17(13-9-7-5-2)18-15-11-12-16-19(18)20-3/h11-13,15-16H,4-10,14H2,1-3H3/b17-13+. The fourth-order valence-corrected chi connectivity index (χ4v) is 2.48. The molecule has 0 radical (unpaired) electrons. The van der Waals surface area contributed by atoms with Gasteiger partial charge in [-0.1, -0.05) is 70.2 Å². The summed E-state index contributed by atoms with van der Waals surface area (Å²) in [6.07, 6.45) is 12.5. The van der Waals surface area contributed by atoms with Gasteiger partial charge in [0.05, 0.1) is 7.11 Å². The summed E-state index contributed by atoms with van der Waals surface area (Å²) in [6, 6.07) is 8.41. The molecule has 1 aromatic carbocycles. The van der Waals surface area contributed by atoms with E-state index in [1.807, 2.05) is 6.07 Å². The van der Waals surface area contributed by atoms with Crippen LogP contribution in [0.15, 0.2) is 30.3 Å². The fraction of sp³-hybridized carbons (Fsp3) is 0.579. The number of rotatable bonds is 10. The maximum atomic E-state index is 5.52. The van der Waals surface area contributed by atoms with Gasteiger partial charge in [0.2, 0.25) is 0 Å². The van der Waals surface area contributed by atoms with Crippen LogP contribution >= 0.6 is 0 Å². The predicted octanol–water partition coefficient (Wildman–Crippen LogP) is 6.24. The third kappa shape index (κ3) is 5.81. The summed E-state index contributed by atoms with van der Waals surface area (Å²) < 4.78 is 5.52. The van der Waals surface area contributed by atoms with Crippen LogP contribution in [0.5, 0.6) is 5.75 Å². The van der Waals surface area contributed by atoms with E-state index in [0.29, 0.717) is 0 Å². The number of hydrogen-bond donors (Lipinski definition) is 0. The molecule has 1 aromatic rings. The van der Waals surface area contributed by atoms with Gasteiger partial charge in [-0.25, -0.2) is 0 Å². The molecular weight excluding hydrogens is 244 g/mol. The van der Waals surface area contributed by atoms with Crippen molar-refractivity contribution in [3.63, 3.8) is 0 Å². The number of ether oxygens (including phenoxy) is 1. The maximum absolute atomic E-state index is 5.52. The number of unbranched alkanes of at least 4 members (excludes halogenated alkanes) is 5. The van der Waals surface area contributed by atoms with Crippen molar-refractivity contribution in [2.45, 2.75) is 65.2 Å². The minimum absolute atomic E-state index is 1.01. The van der Waals surface area contributed by atoms with Crippen molar-refractivity contribution in [1.82, 2.24) is 0 Å². The first-order chi connectivity index (χ1) is 9.83. The number of hydrogen-bond acceptors (Lipinski definition) is 1. The molecule has 112 valence electrons. The van der Waals surface area contributed by atoms with E-state index in [-0.39, 0.29) is 0 Å². The summed E-state index contributed by atoms with van der Waals surface area (Å²) in [5.41, 5.74) is 2.75. The van der Waals surface area contributed by atoms with Gasteiger partial charge in [0.25, 0.3) is 0 Å².